The van der Waals surface area contributed by atoms with E-state index in [0.29, 0.717) is 12.5 Å². The molecule has 0 aromatic rings. The van der Waals surface area contributed by atoms with E-state index in [1.165, 1.54) is 19.4 Å². The summed E-state index contributed by atoms with van der Waals surface area (Å²) in [5, 5.41) is 0. The van der Waals surface area contributed by atoms with E-state index in [0.717, 1.165) is 45.6 Å². The summed E-state index contributed by atoms with van der Waals surface area (Å²) in [6.07, 6.45) is 5.15. The third-order valence-corrected chi connectivity index (χ3v) is 4.47. The lowest BCUT2D eigenvalue weighted by Gasteiger charge is -2.29. The molecule has 1 rings (SSSR count). The first-order chi connectivity index (χ1) is 10.1. The van der Waals surface area contributed by atoms with Gasteiger partial charge in [-0.2, -0.15) is 0 Å². The zero-order valence-electron chi connectivity index (χ0n) is 14.2. The second-order valence-corrected chi connectivity index (χ2v) is 6.26. The molecule has 0 saturated carbocycles. The minimum absolute atomic E-state index is 0.237. The van der Waals surface area contributed by atoms with Gasteiger partial charge < -0.3 is 15.5 Å². The van der Waals surface area contributed by atoms with Gasteiger partial charge in [-0.05, 0) is 51.9 Å². The highest BCUT2D eigenvalue weighted by atomic mass is 16.2. The van der Waals surface area contributed by atoms with Gasteiger partial charge in [-0.1, -0.05) is 6.92 Å². The predicted molar refractivity (Wildman–Crippen MR) is 88.3 cm³/mol. The van der Waals surface area contributed by atoms with E-state index in [-0.39, 0.29) is 5.91 Å². The summed E-state index contributed by atoms with van der Waals surface area (Å²) in [5.41, 5.74) is 5.72. The Kier molecular flexibility index (Phi) is 8.88. The average Bonchev–Trinajstić information content (AvgIpc) is 2.70. The highest BCUT2D eigenvalue weighted by Crippen LogP contribution is 2.12. The third-order valence-electron chi connectivity index (χ3n) is 4.47. The smallest absolute Gasteiger partial charge is 0.222 e. The lowest BCUT2D eigenvalue weighted by molar-refractivity contribution is -0.128. The lowest BCUT2D eigenvalue weighted by atomic mass is 10.1. The molecule has 5 nitrogen and oxygen atoms in total. The molecule has 0 aromatic carbocycles. The molecule has 0 spiro atoms. The van der Waals surface area contributed by atoms with Crippen LogP contribution in [-0.4, -0.2) is 80.0 Å². The maximum absolute atomic E-state index is 11.6. The molecular formula is C16H34N4O. The van der Waals surface area contributed by atoms with Gasteiger partial charge in [0.15, 0.2) is 0 Å². The van der Waals surface area contributed by atoms with Crippen LogP contribution in [0.25, 0.3) is 0 Å². The van der Waals surface area contributed by atoms with Crippen LogP contribution in [0.3, 0.4) is 0 Å². The minimum Gasteiger partial charge on any atom is -0.349 e. The van der Waals surface area contributed by atoms with Gasteiger partial charge in [-0.3, -0.25) is 9.69 Å². The Hall–Kier alpha value is -0.650. The van der Waals surface area contributed by atoms with Crippen LogP contribution >= 0.6 is 0 Å². The quantitative estimate of drug-likeness (QED) is 0.726. The van der Waals surface area contributed by atoms with Gasteiger partial charge in [-0.25, -0.2) is 0 Å². The van der Waals surface area contributed by atoms with Crippen LogP contribution in [0.5, 0.6) is 0 Å². The maximum atomic E-state index is 11.6. The molecule has 0 radical (unpaired) electrons. The van der Waals surface area contributed by atoms with E-state index >= 15 is 0 Å². The molecule has 0 bridgehead atoms. The normalized spacial score (nSPS) is 19.2. The van der Waals surface area contributed by atoms with Gasteiger partial charge in [0, 0.05) is 39.6 Å². The van der Waals surface area contributed by atoms with Crippen molar-refractivity contribution >= 4 is 5.91 Å². The molecular weight excluding hydrogens is 264 g/mol. The van der Waals surface area contributed by atoms with Gasteiger partial charge in [-0.15, -0.1) is 0 Å². The number of rotatable bonds is 8. The fourth-order valence-corrected chi connectivity index (χ4v) is 3.09. The molecule has 0 aromatic heterocycles. The second kappa shape index (κ2) is 10.1. The van der Waals surface area contributed by atoms with Gasteiger partial charge in [0.05, 0.1) is 0 Å². The van der Waals surface area contributed by atoms with Gasteiger partial charge in [0.2, 0.25) is 5.91 Å². The summed E-state index contributed by atoms with van der Waals surface area (Å²) in [7, 11) is 3.66. The maximum Gasteiger partial charge on any atom is 0.222 e. The van der Waals surface area contributed by atoms with E-state index < -0.39 is 0 Å². The van der Waals surface area contributed by atoms with Crippen molar-refractivity contribution in [3.05, 3.63) is 0 Å². The predicted octanol–water partition coefficient (Wildman–Crippen LogP) is 0.990. The first-order valence-corrected chi connectivity index (χ1v) is 8.45. The van der Waals surface area contributed by atoms with E-state index in [1.54, 1.807) is 4.90 Å². The molecule has 1 unspecified atom stereocenters. The van der Waals surface area contributed by atoms with Crippen molar-refractivity contribution in [2.24, 2.45) is 5.73 Å². The molecule has 1 saturated heterocycles. The van der Waals surface area contributed by atoms with Gasteiger partial charge >= 0.3 is 0 Å². The minimum atomic E-state index is 0.237. The molecule has 5 heteroatoms. The molecule has 1 heterocycles. The number of hydrogen-bond acceptors (Lipinski definition) is 4. The number of carbonyl (C=O) groups is 1. The zero-order chi connectivity index (χ0) is 15.7. The highest BCUT2D eigenvalue weighted by molar-refractivity contribution is 5.75. The Morgan fingerprint density at radius 1 is 1.24 bits per heavy atom. The molecule has 21 heavy (non-hydrogen) atoms. The highest BCUT2D eigenvalue weighted by Gasteiger charge is 2.20. The summed E-state index contributed by atoms with van der Waals surface area (Å²) >= 11 is 0. The lowest BCUT2D eigenvalue weighted by Crippen LogP contribution is -2.39. The van der Waals surface area contributed by atoms with Crippen molar-refractivity contribution in [1.82, 2.24) is 14.7 Å². The van der Waals surface area contributed by atoms with Crippen LogP contribution in [0.4, 0.5) is 0 Å². The van der Waals surface area contributed by atoms with E-state index in [4.69, 9.17) is 5.73 Å². The Labute approximate surface area is 130 Å². The number of nitrogens with zero attached hydrogens (tertiary/aromatic N) is 3. The Balaban J connectivity index is 2.30. The van der Waals surface area contributed by atoms with Crippen LogP contribution in [0, 0.1) is 0 Å². The van der Waals surface area contributed by atoms with Crippen molar-refractivity contribution in [1.29, 1.82) is 0 Å². The van der Waals surface area contributed by atoms with Crippen molar-refractivity contribution in [3.63, 3.8) is 0 Å². The zero-order valence-corrected chi connectivity index (χ0v) is 14.2. The van der Waals surface area contributed by atoms with Crippen molar-refractivity contribution in [3.8, 4) is 0 Å². The first kappa shape index (κ1) is 18.4. The summed E-state index contributed by atoms with van der Waals surface area (Å²) < 4.78 is 0. The molecule has 0 aliphatic carbocycles. The number of hydrogen-bond donors (Lipinski definition) is 1. The summed E-state index contributed by atoms with van der Waals surface area (Å²) in [4.78, 5) is 18.4. The number of carbonyl (C=O) groups excluding carboxylic acids is 1. The molecule has 1 atom stereocenters. The third kappa shape index (κ3) is 6.76. The monoisotopic (exact) mass is 298 g/mol. The Morgan fingerprint density at radius 3 is 2.62 bits per heavy atom. The van der Waals surface area contributed by atoms with Gasteiger partial charge in [0.25, 0.3) is 0 Å². The molecule has 1 aliphatic heterocycles. The second-order valence-electron chi connectivity index (χ2n) is 6.26. The fraction of sp³-hybridized carbons (Fsp3) is 0.938. The fourth-order valence-electron chi connectivity index (χ4n) is 3.09. The van der Waals surface area contributed by atoms with E-state index in [1.807, 2.05) is 14.1 Å². The molecule has 1 amide bonds. The standard InChI is InChI=1S/C16H34N4O/c1-4-15(8-9-17)20-12-6-11-19(13-14-20)10-5-7-16(21)18(2)3/h15H,4-14,17H2,1-3H3. The summed E-state index contributed by atoms with van der Waals surface area (Å²) in [5.74, 6) is 0.237. The van der Waals surface area contributed by atoms with Crippen molar-refractivity contribution < 1.29 is 4.79 Å². The topological polar surface area (TPSA) is 52.8 Å². The molecule has 1 aliphatic rings. The SMILES string of the molecule is CCC(CCN)N1CCCN(CCCC(=O)N(C)C)CC1. The summed E-state index contributed by atoms with van der Waals surface area (Å²) in [6, 6.07) is 0.644. The Bertz CT molecular complexity index is 296. The Morgan fingerprint density at radius 2 is 2.00 bits per heavy atom. The average molecular weight is 298 g/mol. The van der Waals surface area contributed by atoms with Crippen LogP contribution < -0.4 is 5.73 Å². The number of nitrogens with two attached hydrogens (primary N) is 1. The largest absolute Gasteiger partial charge is 0.349 e. The first-order valence-electron chi connectivity index (χ1n) is 8.45. The van der Waals surface area contributed by atoms with Gasteiger partial charge in [0.1, 0.15) is 0 Å². The van der Waals surface area contributed by atoms with Crippen LogP contribution in [-0.2, 0) is 4.79 Å². The van der Waals surface area contributed by atoms with Crippen LogP contribution in [0.1, 0.15) is 39.0 Å². The van der Waals surface area contributed by atoms with E-state index in [9.17, 15) is 4.79 Å². The van der Waals surface area contributed by atoms with Crippen molar-refractivity contribution in [2.75, 3.05) is 53.4 Å². The van der Waals surface area contributed by atoms with Crippen LogP contribution in [0.2, 0.25) is 0 Å². The molecule has 1 fully saturated rings. The van der Waals surface area contributed by atoms with Crippen LogP contribution in [0.15, 0.2) is 0 Å². The van der Waals surface area contributed by atoms with Crippen molar-refractivity contribution in [2.45, 2.75) is 45.1 Å². The van der Waals surface area contributed by atoms with E-state index in [2.05, 4.69) is 16.7 Å². The molecule has 124 valence electrons. The summed E-state index contributed by atoms with van der Waals surface area (Å²) in [6.45, 7) is 8.69. The molecule has 2 N–H and O–H groups in total. The number of amides is 1.